The first-order chi connectivity index (χ1) is 11.5. The molecule has 2 aliphatic rings. The van der Waals surface area contributed by atoms with E-state index < -0.39 is 9.84 Å². The Morgan fingerprint density at radius 1 is 1.17 bits per heavy atom. The molecule has 0 bridgehead atoms. The lowest BCUT2D eigenvalue weighted by molar-refractivity contribution is 0.0933. The van der Waals surface area contributed by atoms with Crippen molar-refractivity contribution in [3.63, 3.8) is 0 Å². The van der Waals surface area contributed by atoms with Crippen molar-refractivity contribution in [2.75, 3.05) is 11.5 Å². The average Bonchev–Trinajstić information content (AvgIpc) is 3.22. The van der Waals surface area contributed by atoms with Gasteiger partial charge in [0.05, 0.1) is 22.9 Å². The number of nitrogens with one attached hydrogen (secondary N) is 1. The summed E-state index contributed by atoms with van der Waals surface area (Å²) in [6.45, 7) is 0. The van der Waals surface area contributed by atoms with Crippen LogP contribution in [-0.4, -0.2) is 41.7 Å². The van der Waals surface area contributed by atoms with Gasteiger partial charge in [0.15, 0.2) is 9.84 Å². The van der Waals surface area contributed by atoms with Crippen molar-refractivity contribution in [3.05, 3.63) is 47.8 Å². The first-order valence-electron chi connectivity index (χ1n) is 8.18. The van der Waals surface area contributed by atoms with Crippen LogP contribution in [0.5, 0.6) is 0 Å². The van der Waals surface area contributed by atoms with Gasteiger partial charge in [0.2, 0.25) is 0 Å². The van der Waals surface area contributed by atoms with Crippen LogP contribution in [-0.2, 0) is 9.84 Å². The van der Waals surface area contributed by atoms with Gasteiger partial charge in [0.25, 0.3) is 5.91 Å². The average molecular weight is 345 g/mol. The van der Waals surface area contributed by atoms with Crippen molar-refractivity contribution in [2.24, 2.45) is 0 Å². The third kappa shape index (κ3) is 3.08. The Bertz CT molecular complexity index is 870. The van der Waals surface area contributed by atoms with Gasteiger partial charge in [-0.05, 0) is 37.5 Å². The largest absolute Gasteiger partial charge is 0.347 e. The van der Waals surface area contributed by atoms with Crippen molar-refractivity contribution in [1.29, 1.82) is 0 Å². The molecule has 6 nitrogen and oxygen atoms in total. The first kappa shape index (κ1) is 15.4. The lowest BCUT2D eigenvalue weighted by Gasteiger charge is -2.12. The first-order valence-corrected chi connectivity index (χ1v) is 10.0. The zero-order chi connectivity index (χ0) is 16.7. The van der Waals surface area contributed by atoms with Gasteiger partial charge in [-0.25, -0.2) is 13.1 Å². The summed E-state index contributed by atoms with van der Waals surface area (Å²) < 4.78 is 24.8. The van der Waals surface area contributed by atoms with Crippen molar-refractivity contribution in [1.82, 2.24) is 15.1 Å². The predicted molar refractivity (Wildman–Crippen MR) is 90.1 cm³/mol. The molecule has 0 radical (unpaired) electrons. The highest BCUT2D eigenvalue weighted by molar-refractivity contribution is 7.91. The van der Waals surface area contributed by atoms with E-state index in [4.69, 9.17) is 0 Å². The van der Waals surface area contributed by atoms with E-state index in [1.165, 1.54) is 0 Å². The van der Waals surface area contributed by atoms with Gasteiger partial charge in [-0.2, -0.15) is 5.10 Å². The molecule has 2 aromatic rings. The van der Waals surface area contributed by atoms with Crippen LogP contribution in [0, 0.1) is 0 Å². The van der Waals surface area contributed by atoms with E-state index in [-0.39, 0.29) is 23.5 Å². The minimum Gasteiger partial charge on any atom is -0.347 e. The lowest BCUT2D eigenvalue weighted by atomic mass is 10.2. The summed E-state index contributed by atoms with van der Waals surface area (Å²) in [4.78, 5) is 12.7. The van der Waals surface area contributed by atoms with E-state index in [2.05, 4.69) is 10.4 Å². The molecule has 1 aliphatic carbocycles. The van der Waals surface area contributed by atoms with Crippen LogP contribution in [0.15, 0.2) is 36.4 Å². The van der Waals surface area contributed by atoms with Crippen molar-refractivity contribution in [3.8, 4) is 5.69 Å². The lowest BCUT2D eigenvalue weighted by Crippen LogP contribution is -2.36. The summed E-state index contributed by atoms with van der Waals surface area (Å²) in [7, 11) is -3.02. The fourth-order valence-electron chi connectivity index (χ4n) is 3.07. The number of hydrogen-bond acceptors (Lipinski definition) is 4. The van der Waals surface area contributed by atoms with E-state index in [9.17, 15) is 13.2 Å². The minimum absolute atomic E-state index is 0.0215. The number of sulfone groups is 1. The molecule has 1 aromatic carbocycles. The van der Waals surface area contributed by atoms with E-state index in [0.717, 1.165) is 24.2 Å². The Morgan fingerprint density at radius 2 is 1.92 bits per heavy atom. The summed E-state index contributed by atoms with van der Waals surface area (Å²) in [5.74, 6) is 0.338. The molecule has 1 N–H and O–H groups in total. The number of benzene rings is 1. The Labute approximate surface area is 140 Å². The fourth-order valence-corrected chi connectivity index (χ4v) is 4.75. The number of carbonyl (C=O) groups is 1. The maximum absolute atomic E-state index is 12.7. The highest BCUT2D eigenvalue weighted by Crippen LogP contribution is 2.39. The molecule has 1 amide bonds. The zero-order valence-electron chi connectivity index (χ0n) is 13.2. The molecule has 4 rings (SSSR count). The van der Waals surface area contributed by atoms with Crippen molar-refractivity contribution < 1.29 is 13.2 Å². The van der Waals surface area contributed by atoms with Crippen LogP contribution in [0.4, 0.5) is 0 Å². The summed E-state index contributed by atoms with van der Waals surface area (Å²) in [6, 6.07) is 11.0. The van der Waals surface area contributed by atoms with Gasteiger partial charge < -0.3 is 5.32 Å². The quantitative estimate of drug-likeness (QED) is 0.914. The highest BCUT2D eigenvalue weighted by atomic mass is 32.2. The van der Waals surface area contributed by atoms with Gasteiger partial charge in [-0.3, -0.25) is 4.79 Å². The second kappa shape index (κ2) is 5.73. The highest BCUT2D eigenvalue weighted by Gasteiger charge is 2.32. The van der Waals surface area contributed by atoms with Crippen molar-refractivity contribution in [2.45, 2.75) is 31.2 Å². The predicted octanol–water partition coefficient (Wildman–Crippen LogP) is 1.67. The maximum atomic E-state index is 12.7. The number of rotatable bonds is 4. The van der Waals surface area contributed by atoms with Crippen LogP contribution in [0.2, 0.25) is 0 Å². The van der Waals surface area contributed by atoms with Crippen LogP contribution in [0.25, 0.3) is 5.69 Å². The Kier molecular flexibility index (Phi) is 3.68. The maximum Gasteiger partial charge on any atom is 0.270 e. The van der Waals surface area contributed by atoms with E-state index in [0.29, 0.717) is 18.0 Å². The third-order valence-electron chi connectivity index (χ3n) is 4.52. The molecule has 2 fully saturated rings. The van der Waals surface area contributed by atoms with Gasteiger partial charge in [-0.15, -0.1) is 0 Å². The van der Waals surface area contributed by atoms with Crippen LogP contribution < -0.4 is 5.32 Å². The van der Waals surface area contributed by atoms with Gasteiger partial charge in [0, 0.05) is 12.0 Å². The van der Waals surface area contributed by atoms with E-state index >= 15 is 0 Å². The summed E-state index contributed by atoms with van der Waals surface area (Å²) in [5.41, 5.74) is 2.23. The van der Waals surface area contributed by atoms with Gasteiger partial charge in [0.1, 0.15) is 5.69 Å². The summed E-state index contributed by atoms with van der Waals surface area (Å²) in [5, 5.41) is 7.46. The molecule has 1 atom stereocenters. The summed E-state index contributed by atoms with van der Waals surface area (Å²) >= 11 is 0. The number of aromatic nitrogens is 2. The second-order valence-corrected chi connectivity index (χ2v) is 8.78. The fraction of sp³-hybridized carbons (Fsp3) is 0.412. The minimum atomic E-state index is -3.02. The standard InChI is InChI=1S/C17H19N3O3S/c21-17(18-13-8-9-24(22,23)11-13)16-10-15(12-6-7-12)19-20(16)14-4-2-1-3-5-14/h1-5,10,12-13H,6-9,11H2,(H,18,21). The van der Waals surface area contributed by atoms with Crippen LogP contribution >= 0.6 is 0 Å². The van der Waals surface area contributed by atoms with Crippen molar-refractivity contribution >= 4 is 15.7 Å². The Balaban J connectivity index is 1.62. The molecule has 1 aliphatic heterocycles. The van der Waals surface area contributed by atoms with Gasteiger partial charge >= 0.3 is 0 Å². The zero-order valence-corrected chi connectivity index (χ0v) is 14.0. The van der Waals surface area contributed by atoms with E-state index in [1.54, 1.807) is 4.68 Å². The molecule has 7 heteroatoms. The molecule has 1 saturated carbocycles. The second-order valence-electron chi connectivity index (χ2n) is 6.55. The molecule has 1 saturated heterocycles. The number of amides is 1. The molecular formula is C17H19N3O3S. The molecule has 126 valence electrons. The smallest absolute Gasteiger partial charge is 0.270 e. The molecule has 24 heavy (non-hydrogen) atoms. The molecule has 1 unspecified atom stereocenters. The molecule has 2 heterocycles. The van der Waals surface area contributed by atoms with Crippen LogP contribution in [0.1, 0.15) is 41.4 Å². The topological polar surface area (TPSA) is 81.1 Å². The third-order valence-corrected chi connectivity index (χ3v) is 6.29. The summed E-state index contributed by atoms with van der Waals surface area (Å²) in [6.07, 6.45) is 2.69. The van der Waals surface area contributed by atoms with E-state index in [1.807, 2.05) is 36.4 Å². The monoisotopic (exact) mass is 345 g/mol. The molecule has 0 spiro atoms. The van der Waals surface area contributed by atoms with Gasteiger partial charge in [-0.1, -0.05) is 18.2 Å². The number of para-hydroxylation sites is 1. The Hall–Kier alpha value is -2.15. The SMILES string of the molecule is O=C(NC1CCS(=O)(=O)C1)c1cc(C2CC2)nn1-c1ccccc1. The molecular weight excluding hydrogens is 326 g/mol. The normalized spacial score (nSPS) is 22.4. The number of nitrogens with zero attached hydrogens (tertiary/aromatic N) is 2. The van der Waals surface area contributed by atoms with Crippen LogP contribution in [0.3, 0.4) is 0 Å². The number of hydrogen-bond donors (Lipinski definition) is 1. The Morgan fingerprint density at radius 3 is 2.54 bits per heavy atom. The number of carbonyl (C=O) groups excluding carboxylic acids is 1. The molecule has 1 aromatic heterocycles.